The normalized spacial score (nSPS) is 11.7. The van der Waals surface area contributed by atoms with E-state index in [9.17, 15) is 8.42 Å². The third-order valence-corrected chi connectivity index (χ3v) is 4.50. The van der Waals surface area contributed by atoms with E-state index in [1.165, 1.54) is 0 Å². The van der Waals surface area contributed by atoms with E-state index in [2.05, 4.69) is 15.0 Å². The Morgan fingerprint density at radius 3 is 2.76 bits per heavy atom. The predicted molar refractivity (Wildman–Crippen MR) is 87.1 cm³/mol. The van der Waals surface area contributed by atoms with Gasteiger partial charge in [-0.05, 0) is 38.6 Å². The van der Waals surface area contributed by atoms with E-state index in [0.29, 0.717) is 24.2 Å². The Morgan fingerprint density at radius 2 is 2.00 bits per heavy atom. The van der Waals surface area contributed by atoms with Gasteiger partial charge in [-0.15, -0.1) is 0 Å². The number of hydrogen-bond acceptors (Lipinski definition) is 4. The third kappa shape index (κ3) is 4.41. The van der Waals surface area contributed by atoms with Gasteiger partial charge in [0.05, 0.1) is 17.0 Å². The van der Waals surface area contributed by atoms with Crippen molar-refractivity contribution in [3.05, 3.63) is 36.0 Å². The molecular weight excluding hydrogens is 286 g/mol. The van der Waals surface area contributed by atoms with Crippen molar-refractivity contribution in [1.82, 2.24) is 10.3 Å². The van der Waals surface area contributed by atoms with Crippen LogP contribution in [-0.4, -0.2) is 32.2 Å². The van der Waals surface area contributed by atoms with E-state index < -0.39 is 10.0 Å². The summed E-state index contributed by atoms with van der Waals surface area (Å²) in [5, 5.41) is 4.04. The molecule has 0 saturated heterocycles. The number of para-hydroxylation sites is 1. The number of nitrogens with one attached hydrogen (secondary N) is 2. The van der Waals surface area contributed by atoms with E-state index in [0.717, 1.165) is 17.6 Å². The minimum absolute atomic E-state index is 0.0994. The van der Waals surface area contributed by atoms with Crippen molar-refractivity contribution in [1.29, 1.82) is 0 Å². The summed E-state index contributed by atoms with van der Waals surface area (Å²) in [7, 11) is -3.35. The lowest BCUT2D eigenvalue weighted by Gasteiger charge is -2.10. The first-order chi connectivity index (χ1) is 10.0. The molecule has 0 bridgehead atoms. The molecule has 1 heterocycles. The van der Waals surface area contributed by atoms with Crippen molar-refractivity contribution in [2.24, 2.45) is 0 Å². The molecule has 2 N–H and O–H groups in total. The molecule has 0 amide bonds. The summed E-state index contributed by atoms with van der Waals surface area (Å²) < 4.78 is 26.9. The van der Waals surface area contributed by atoms with Crippen LogP contribution in [0.25, 0.3) is 10.9 Å². The van der Waals surface area contributed by atoms with Crippen molar-refractivity contribution in [2.45, 2.75) is 20.3 Å². The molecule has 21 heavy (non-hydrogen) atoms. The zero-order chi connectivity index (χ0) is 15.3. The fourth-order valence-electron chi connectivity index (χ4n) is 2.11. The average Bonchev–Trinajstić information content (AvgIpc) is 2.44. The minimum Gasteiger partial charge on any atom is -0.317 e. The second-order valence-corrected chi connectivity index (χ2v) is 6.80. The summed E-state index contributed by atoms with van der Waals surface area (Å²) in [5.74, 6) is 0.0994. The van der Waals surface area contributed by atoms with Crippen LogP contribution in [0.4, 0.5) is 5.69 Å². The van der Waals surface area contributed by atoms with Gasteiger partial charge in [0.2, 0.25) is 10.0 Å². The molecule has 2 aromatic rings. The van der Waals surface area contributed by atoms with Crippen LogP contribution in [0.1, 0.15) is 19.0 Å². The molecule has 0 aliphatic rings. The predicted octanol–water partition coefficient (Wildman–Crippen LogP) is 2.28. The zero-order valence-corrected chi connectivity index (χ0v) is 13.2. The Kier molecular flexibility index (Phi) is 5.14. The standard InChI is InChI=1S/C15H21N3O2S/c1-3-16-10-5-11-21(19,20)18-14-7-4-6-13-9-8-12(2)17-15(13)14/h4,6-9,16,18H,3,5,10-11H2,1-2H3. The number of anilines is 1. The number of pyridine rings is 1. The molecule has 0 saturated carbocycles. The molecule has 5 nitrogen and oxygen atoms in total. The van der Waals surface area contributed by atoms with Gasteiger partial charge >= 0.3 is 0 Å². The summed E-state index contributed by atoms with van der Waals surface area (Å²) in [6.45, 7) is 5.43. The third-order valence-electron chi connectivity index (χ3n) is 3.14. The molecule has 6 heteroatoms. The number of aromatic nitrogens is 1. The smallest absolute Gasteiger partial charge is 0.232 e. The summed E-state index contributed by atoms with van der Waals surface area (Å²) >= 11 is 0. The number of rotatable bonds is 7. The Hall–Kier alpha value is -1.66. The van der Waals surface area contributed by atoms with Gasteiger partial charge in [-0.25, -0.2) is 8.42 Å². The van der Waals surface area contributed by atoms with Crippen molar-refractivity contribution in [3.8, 4) is 0 Å². The molecule has 0 fully saturated rings. The quantitative estimate of drug-likeness (QED) is 0.770. The van der Waals surface area contributed by atoms with Gasteiger partial charge in [0.1, 0.15) is 0 Å². The number of hydrogen-bond donors (Lipinski definition) is 2. The number of nitrogens with zero attached hydrogens (tertiary/aromatic N) is 1. The van der Waals surface area contributed by atoms with Gasteiger partial charge in [0.15, 0.2) is 0 Å². The molecule has 1 aromatic heterocycles. The second-order valence-electron chi connectivity index (χ2n) is 4.96. The minimum atomic E-state index is -3.35. The van der Waals surface area contributed by atoms with E-state index >= 15 is 0 Å². The molecule has 114 valence electrons. The Balaban J connectivity index is 2.17. The molecule has 1 aromatic carbocycles. The number of sulfonamides is 1. The van der Waals surface area contributed by atoms with E-state index in [1.54, 1.807) is 6.07 Å². The van der Waals surface area contributed by atoms with Crippen molar-refractivity contribution in [2.75, 3.05) is 23.6 Å². The lowest BCUT2D eigenvalue weighted by molar-refractivity contribution is 0.595. The SMILES string of the molecule is CCNCCCS(=O)(=O)Nc1cccc2ccc(C)nc12. The van der Waals surface area contributed by atoms with Crippen LogP contribution >= 0.6 is 0 Å². The van der Waals surface area contributed by atoms with Crippen molar-refractivity contribution < 1.29 is 8.42 Å². The molecule has 0 spiro atoms. The number of fused-ring (bicyclic) bond motifs is 1. The van der Waals surface area contributed by atoms with E-state index in [4.69, 9.17) is 0 Å². The van der Waals surface area contributed by atoms with Gasteiger partial charge in [-0.2, -0.15) is 0 Å². The summed E-state index contributed by atoms with van der Waals surface area (Å²) in [6.07, 6.45) is 0.584. The molecular formula is C15H21N3O2S. The highest BCUT2D eigenvalue weighted by Gasteiger charge is 2.12. The van der Waals surface area contributed by atoms with Crippen molar-refractivity contribution in [3.63, 3.8) is 0 Å². The maximum atomic E-state index is 12.1. The van der Waals surface area contributed by atoms with Crippen LogP contribution in [0.5, 0.6) is 0 Å². The topological polar surface area (TPSA) is 71.1 Å². The Bertz CT molecular complexity index is 714. The van der Waals surface area contributed by atoms with Crippen LogP contribution < -0.4 is 10.0 Å². The lowest BCUT2D eigenvalue weighted by Crippen LogP contribution is -2.22. The molecule has 0 unspecified atom stereocenters. The number of aryl methyl sites for hydroxylation is 1. The summed E-state index contributed by atoms with van der Waals surface area (Å²) in [5.41, 5.74) is 2.09. The van der Waals surface area contributed by atoms with E-state index in [1.807, 2.05) is 38.1 Å². The van der Waals surface area contributed by atoms with Gasteiger partial charge in [-0.1, -0.05) is 25.1 Å². The molecule has 0 atom stereocenters. The van der Waals surface area contributed by atoms with Gasteiger partial charge < -0.3 is 5.32 Å². The highest BCUT2D eigenvalue weighted by atomic mass is 32.2. The first-order valence-electron chi connectivity index (χ1n) is 7.09. The van der Waals surface area contributed by atoms with Gasteiger partial charge in [-0.3, -0.25) is 9.71 Å². The van der Waals surface area contributed by atoms with Gasteiger partial charge in [0.25, 0.3) is 0 Å². The lowest BCUT2D eigenvalue weighted by atomic mass is 10.2. The first-order valence-corrected chi connectivity index (χ1v) is 8.74. The zero-order valence-electron chi connectivity index (χ0n) is 12.4. The maximum absolute atomic E-state index is 12.1. The molecule has 2 rings (SSSR count). The van der Waals surface area contributed by atoms with Gasteiger partial charge in [0, 0.05) is 11.1 Å². The van der Waals surface area contributed by atoms with Crippen LogP contribution in [0, 0.1) is 6.92 Å². The van der Waals surface area contributed by atoms with Crippen LogP contribution in [0.2, 0.25) is 0 Å². The highest BCUT2D eigenvalue weighted by Crippen LogP contribution is 2.22. The Morgan fingerprint density at radius 1 is 1.19 bits per heavy atom. The maximum Gasteiger partial charge on any atom is 0.232 e. The van der Waals surface area contributed by atoms with Crippen LogP contribution in [-0.2, 0) is 10.0 Å². The monoisotopic (exact) mass is 307 g/mol. The second kappa shape index (κ2) is 6.87. The summed E-state index contributed by atoms with van der Waals surface area (Å²) in [4.78, 5) is 4.43. The average molecular weight is 307 g/mol. The number of benzene rings is 1. The first kappa shape index (κ1) is 15.7. The fraction of sp³-hybridized carbons (Fsp3) is 0.400. The van der Waals surface area contributed by atoms with Crippen LogP contribution in [0.3, 0.4) is 0 Å². The largest absolute Gasteiger partial charge is 0.317 e. The highest BCUT2D eigenvalue weighted by molar-refractivity contribution is 7.92. The fourth-order valence-corrected chi connectivity index (χ4v) is 3.24. The Labute approximate surface area is 125 Å². The van der Waals surface area contributed by atoms with Crippen molar-refractivity contribution >= 4 is 26.6 Å². The molecule has 0 aliphatic carbocycles. The molecule has 0 radical (unpaired) electrons. The molecule has 0 aliphatic heterocycles. The van der Waals surface area contributed by atoms with Crippen LogP contribution in [0.15, 0.2) is 30.3 Å². The van der Waals surface area contributed by atoms with E-state index in [-0.39, 0.29) is 5.75 Å². The summed E-state index contributed by atoms with van der Waals surface area (Å²) in [6, 6.07) is 9.36.